The third-order valence-corrected chi connectivity index (χ3v) is 4.87. The minimum Gasteiger partial charge on any atom is -0.302 e. The summed E-state index contributed by atoms with van der Waals surface area (Å²) in [5.74, 6) is 0. The van der Waals surface area contributed by atoms with Crippen LogP contribution >= 0.6 is 11.6 Å². The van der Waals surface area contributed by atoms with Crippen molar-refractivity contribution in [2.24, 2.45) is 0 Å². The highest BCUT2D eigenvalue weighted by Gasteiger charge is 2.55. The molecule has 1 saturated carbocycles. The Balaban J connectivity index is 2.44. The van der Waals surface area contributed by atoms with E-state index in [2.05, 4.69) is 0 Å². The van der Waals surface area contributed by atoms with Crippen LogP contribution in [-0.4, -0.2) is 13.6 Å². The van der Waals surface area contributed by atoms with Gasteiger partial charge in [0, 0.05) is 5.02 Å². The lowest BCUT2D eigenvalue weighted by Crippen LogP contribution is -2.32. The fourth-order valence-corrected chi connectivity index (χ4v) is 3.05. The lowest BCUT2D eigenvalue weighted by Gasteiger charge is -2.14. The van der Waals surface area contributed by atoms with Crippen LogP contribution in [0.25, 0.3) is 0 Å². The van der Waals surface area contributed by atoms with Crippen molar-refractivity contribution >= 4 is 21.6 Å². The van der Waals surface area contributed by atoms with Crippen LogP contribution in [0, 0.1) is 0 Å². The minimum absolute atomic E-state index is 0.518. The van der Waals surface area contributed by atoms with Gasteiger partial charge in [0.05, 0.1) is 0 Å². The van der Waals surface area contributed by atoms with Crippen LogP contribution in [0.5, 0.6) is 0 Å². The summed E-state index contributed by atoms with van der Waals surface area (Å²) < 4.78 is 22.2. The highest BCUT2D eigenvalue weighted by Crippen LogP contribution is 2.52. The van der Waals surface area contributed by atoms with Gasteiger partial charge >= 0.3 is 0 Å². The van der Waals surface area contributed by atoms with Crippen molar-refractivity contribution in [3.63, 3.8) is 0 Å². The molecule has 1 aliphatic carbocycles. The fraction of sp³-hybridized carbons (Fsp3) is 0.333. The molecular formula is C9H10ClNO3S. The summed E-state index contributed by atoms with van der Waals surface area (Å²) in [7, 11) is -3.69. The number of hydrogen-bond acceptors (Lipinski definition) is 3. The summed E-state index contributed by atoms with van der Waals surface area (Å²) in [6, 6.07) is 6.63. The summed E-state index contributed by atoms with van der Waals surface area (Å²) in [5.41, 5.74) is 0.661. The molecule has 0 atom stereocenters. The third kappa shape index (κ3) is 1.65. The van der Waals surface area contributed by atoms with E-state index in [1.807, 2.05) is 0 Å². The molecule has 1 fully saturated rings. The number of benzene rings is 1. The average Bonchev–Trinajstić information content (AvgIpc) is 3.00. The van der Waals surface area contributed by atoms with Crippen molar-refractivity contribution in [1.82, 2.24) is 4.89 Å². The maximum absolute atomic E-state index is 11.6. The molecule has 1 aromatic rings. The number of nitrogens with one attached hydrogen (secondary N) is 1. The molecule has 0 spiro atoms. The standard InChI is InChI=1S/C9H10ClNO3S/c10-8-3-1-7(2-4-8)9(5-6-9)15(13,14)11-12/h1-4,11-12H,5-6H2. The second-order valence-corrected chi connectivity index (χ2v) is 6.00. The Kier molecular flexibility index (Phi) is 2.50. The smallest absolute Gasteiger partial charge is 0.243 e. The summed E-state index contributed by atoms with van der Waals surface area (Å²) in [6.45, 7) is 0. The van der Waals surface area contributed by atoms with E-state index in [-0.39, 0.29) is 0 Å². The van der Waals surface area contributed by atoms with E-state index in [1.54, 1.807) is 24.3 Å². The lowest BCUT2D eigenvalue weighted by atomic mass is 10.1. The zero-order valence-corrected chi connectivity index (χ0v) is 9.35. The zero-order chi connectivity index (χ0) is 11.1. The summed E-state index contributed by atoms with van der Waals surface area (Å²) in [6.07, 6.45) is 1.04. The molecule has 0 radical (unpaired) electrons. The topological polar surface area (TPSA) is 66.4 Å². The maximum Gasteiger partial charge on any atom is 0.243 e. The largest absolute Gasteiger partial charge is 0.302 e. The van der Waals surface area contributed by atoms with Gasteiger partial charge in [0.1, 0.15) is 4.75 Å². The first-order chi connectivity index (χ1) is 7.02. The predicted molar refractivity (Wildman–Crippen MR) is 56.2 cm³/mol. The predicted octanol–water partition coefficient (Wildman–Crippen LogP) is 1.64. The lowest BCUT2D eigenvalue weighted by molar-refractivity contribution is 0.240. The van der Waals surface area contributed by atoms with Crippen LogP contribution in [0.2, 0.25) is 5.02 Å². The van der Waals surface area contributed by atoms with E-state index >= 15 is 0 Å². The van der Waals surface area contributed by atoms with Crippen molar-refractivity contribution in [1.29, 1.82) is 0 Å². The van der Waals surface area contributed by atoms with Gasteiger partial charge in [-0.2, -0.15) is 0 Å². The third-order valence-electron chi connectivity index (χ3n) is 2.71. The summed E-state index contributed by atoms with van der Waals surface area (Å²) in [4.78, 5) is 1.40. The van der Waals surface area contributed by atoms with Crippen molar-refractivity contribution < 1.29 is 13.6 Å². The molecule has 2 rings (SSSR count). The van der Waals surface area contributed by atoms with Gasteiger partial charge in [0.25, 0.3) is 0 Å². The molecule has 15 heavy (non-hydrogen) atoms. The van der Waals surface area contributed by atoms with E-state index in [0.29, 0.717) is 23.4 Å². The Bertz CT molecular complexity index is 465. The molecule has 0 saturated heterocycles. The number of sulfonamides is 1. The van der Waals surface area contributed by atoms with Crippen LogP contribution in [-0.2, 0) is 14.8 Å². The van der Waals surface area contributed by atoms with Gasteiger partial charge in [-0.3, -0.25) is 0 Å². The second-order valence-electron chi connectivity index (χ2n) is 3.60. The van der Waals surface area contributed by atoms with Crippen LogP contribution in [0.1, 0.15) is 18.4 Å². The Morgan fingerprint density at radius 3 is 2.20 bits per heavy atom. The van der Waals surface area contributed by atoms with Crippen LogP contribution in [0.15, 0.2) is 24.3 Å². The van der Waals surface area contributed by atoms with Gasteiger partial charge in [0.15, 0.2) is 0 Å². The van der Waals surface area contributed by atoms with Gasteiger partial charge in [-0.05, 0) is 30.5 Å². The van der Waals surface area contributed by atoms with Crippen LogP contribution < -0.4 is 4.89 Å². The second kappa shape index (κ2) is 3.45. The molecule has 0 heterocycles. The maximum atomic E-state index is 11.6. The van der Waals surface area contributed by atoms with Crippen molar-refractivity contribution in [3.8, 4) is 0 Å². The normalized spacial score (nSPS) is 18.8. The first kappa shape index (κ1) is 10.9. The van der Waals surface area contributed by atoms with Crippen molar-refractivity contribution in [2.75, 3.05) is 0 Å². The minimum atomic E-state index is -3.69. The molecule has 6 heteroatoms. The molecule has 1 aromatic carbocycles. The summed E-state index contributed by atoms with van der Waals surface area (Å²) in [5, 5.41) is 9.18. The first-order valence-corrected chi connectivity index (χ1v) is 6.29. The Labute approximate surface area is 92.9 Å². The monoisotopic (exact) mass is 247 g/mol. The molecule has 0 aromatic heterocycles. The highest BCUT2D eigenvalue weighted by atomic mass is 35.5. The van der Waals surface area contributed by atoms with Gasteiger partial charge in [0.2, 0.25) is 10.0 Å². The first-order valence-electron chi connectivity index (χ1n) is 4.43. The SMILES string of the molecule is O=S(=O)(NO)C1(c2ccc(Cl)cc2)CC1. The molecule has 82 valence electrons. The molecule has 0 unspecified atom stereocenters. The van der Waals surface area contributed by atoms with E-state index in [1.165, 1.54) is 4.89 Å². The van der Waals surface area contributed by atoms with Gasteiger partial charge < -0.3 is 5.21 Å². The summed E-state index contributed by atoms with van der Waals surface area (Å²) >= 11 is 5.72. The van der Waals surface area contributed by atoms with E-state index in [4.69, 9.17) is 16.8 Å². The van der Waals surface area contributed by atoms with E-state index < -0.39 is 14.8 Å². The number of rotatable bonds is 3. The Hall–Kier alpha value is -0.620. The Morgan fingerprint density at radius 2 is 1.80 bits per heavy atom. The molecule has 0 amide bonds. The Morgan fingerprint density at radius 1 is 1.27 bits per heavy atom. The van der Waals surface area contributed by atoms with Gasteiger partial charge in [-0.25, -0.2) is 8.42 Å². The van der Waals surface area contributed by atoms with Crippen LogP contribution in [0.4, 0.5) is 0 Å². The molecule has 0 aliphatic heterocycles. The van der Waals surface area contributed by atoms with Crippen molar-refractivity contribution in [3.05, 3.63) is 34.9 Å². The van der Waals surface area contributed by atoms with E-state index in [9.17, 15) is 8.42 Å². The molecule has 1 aliphatic rings. The molecule has 4 nitrogen and oxygen atoms in total. The molecular weight excluding hydrogens is 238 g/mol. The quantitative estimate of drug-likeness (QED) is 0.798. The highest BCUT2D eigenvalue weighted by molar-refractivity contribution is 7.90. The fourth-order valence-electron chi connectivity index (χ4n) is 1.67. The molecule has 2 N–H and O–H groups in total. The molecule has 0 bridgehead atoms. The van der Waals surface area contributed by atoms with E-state index in [0.717, 1.165) is 0 Å². The van der Waals surface area contributed by atoms with Crippen molar-refractivity contribution in [2.45, 2.75) is 17.6 Å². The number of hydrogen-bond donors (Lipinski definition) is 2. The average molecular weight is 248 g/mol. The van der Waals surface area contributed by atoms with Crippen LogP contribution in [0.3, 0.4) is 0 Å². The number of halogens is 1. The zero-order valence-electron chi connectivity index (χ0n) is 7.77. The van der Waals surface area contributed by atoms with Gasteiger partial charge in [-0.1, -0.05) is 28.6 Å². The van der Waals surface area contributed by atoms with Gasteiger partial charge in [-0.15, -0.1) is 0 Å².